The van der Waals surface area contributed by atoms with Gasteiger partial charge in [-0.25, -0.2) is 9.18 Å². The average Bonchev–Trinajstić information content (AvgIpc) is 2.11. The molecule has 70 valence electrons. The highest BCUT2D eigenvalue weighted by molar-refractivity contribution is 6.18. The van der Waals surface area contributed by atoms with Crippen LogP contribution in [0, 0.1) is 0 Å². The first kappa shape index (κ1) is 9.37. The summed E-state index contributed by atoms with van der Waals surface area (Å²) in [5.41, 5.74) is -2.71. The Kier molecular flexibility index (Phi) is 2.14. The van der Waals surface area contributed by atoms with E-state index < -0.39 is 29.9 Å². The van der Waals surface area contributed by atoms with Crippen molar-refractivity contribution in [1.82, 2.24) is 10.6 Å². The van der Waals surface area contributed by atoms with Gasteiger partial charge in [-0.3, -0.25) is 14.9 Å². The summed E-state index contributed by atoms with van der Waals surface area (Å²) in [5.74, 6) is -2.31. The van der Waals surface area contributed by atoms with Crippen LogP contribution in [0.2, 0.25) is 0 Å². The fraction of sp³-hybridized carbons (Fsp3) is 0.286. The quantitative estimate of drug-likeness (QED) is 0.442. The summed E-state index contributed by atoms with van der Waals surface area (Å²) in [4.78, 5) is 32.3. The van der Waals surface area contributed by atoms with Crippen molar-refractivity contribution in [3.63, 3.8) is 0 Å². The maximum Gasteiger partial charge on any atom is 0.321 e. The minimum Gasteiger partial charge on any atom is -0.334 e. The summed E-state index contributed by atoms with van der Waals surface area (Å²) in [6, 6.07) is -0.810. The van der Waals surface area contributed by atoms with E-state index in [4.69, 9.17) is 0 Å². The van der Waals surface area contributed by atoms with E-state index in [1.165, 1.54) is 0 Å². The summed E-state index contributed by atoms with van der Waals surface area (Å²) in [7, 11) is 0. The smallest absolute Gasteiger partial charge is 0.321 e. The van der Waals surface area contributed by atoms with E-state index in [1.807, 2.05) is 5.32 Å². The van der Waals surface area contributed by atoms with Crippen LogP contribution in [0.15, 0.2) is 12.7 Å². The number of ketones is 1. The molecule has 1 saturated heterocycles. The van der Waals surface area contributed by atoms with E-state index in [9.17, 15) is 18.8 Å². The lowest BCUT2D eigenvalue weighted by molar-refractivity contribution is -0.141. The molecule has 0 aromatic carbocycles. The van der Waals surface area contributed by atoms with Crippen LogP contribution in [0.25, 0.3) is 0 Å². The van der Waals surface area contributed by atoms with Gasteiger partial charge in [0.05, 0.1) is 6.54 Å². The zero-order valence-corrected chi connectivity index (χ0v) is 6.59. The Morgan fingerprint density at radius 3 is 2.69 bits per heavy atom. The van der Waals surface area contributed by atoms with Crippen LogP contribution in [-0.4, -0.2) is 29.9 Å². The molecule has 13 heavy (non-hydrogen) atoms. The summed E-state index contributed by atoms with van der Waals surface area (Å²) in [6.07, 6.45) is 0.705. The molecule has 1 rings (SSSR count). The number of amides is 3. The highest BCUT2D eigenvalue weighted by Gasteiger charge is 2.48. The van der Waals surface area contributed by atoms with E-state index >= 15 is 0 Å². The molecule has 1 unspecified atom stereocenters. The average molecular weight is 186 g/mol. The number of carbonyl (C=O) groups excluding carboxylic acids is 3. The fourth-order valence-electron chi connectivity index (χ4n) is 0.890. The molecular weight excluding hydrogens is 179 g/mol. The van der Waals surface area contributed by atoms with Gasteiger partial charge in [-0.15, -0.1) is 0 Å². The van der Waals surface area contributed by atoms with Crippen molar-refractivity contribution >= 4 is 17.7 Å². The molecule has 0 radical (unpaired) electrons. The molecule has 2 N–H and O–H groups in total. The molecule has 1 fully saturated rings. The maximum atomic E-state index is 13.5. The van der Waals surface area contributed by atoms with Crippen molar-refractivity contribution < 1.29 is 18.8 Å². The molecule has 0 aromatic rings. The maximum absolute atomic E-state index is 13.5. The molecule has 1 heterocycles. The van der Waals surface area contributed by atoms with Gasteiger partial charge >= 0.3 is 6.03 Å². The Bertz CT molecular complexity index is 302. The lowest BCUT2D eigenvalue weighted by atomic mass is 9.98. The number of nitrogens with one attached hydrogen (secondary N) is 2. The van der Waals surface area contributed by atoms with Crippen LogP contribution in [0.3, 0.4) is 0 Å². The number of imide groups is 1. The predicted molar refractivity (Wildman–Crippen MR) is 40.6 cm³/mol. The second kappa shape index (κ2) is 2.96. The Morgan fingerprint density at radius 1 is 1.62 bits per heavy atom. The Morgan fingerprint density at radius 2 is 2.23 bits per heavy atom. The molecule has 0 spiro atoms. The van der Waals surface area contributed by atoms with Gasteiger partial charge in [0.1, 0.15) is 0 Å². The number of allylic oxidation sites excluding steroid dienone is 1. The molecule has 0 bridgehead atoms. The van der Waals surface area contributed by atoms with Gasteiger partial charge in [-0.1, -0.05) is 6.58 Å². The van der Waals surface area contributed by atoms with Crippen molar-refractivity contribution in [1.29, 1.82) is 0 Å². The normalized spacial score (nSPS) is 27.5. The third kappa shape index (κ3) is 1.42. The predicted octanol–water partition coefficient (Wildman–Crippen LogP) is -0.711. The summed E-state index contributed by atoms with van der Waals surface area (Å²) >= 11 is 0. The van der Waals surface area contributed by atoms with Crippen LogP contribution in [0.5, 0.6) is 0 Å². The lowest BCUT2D eigenvalue weighted by Crippen LogP contribution is -2.63. The first-order valence-electron chi connectivity index (χ1n) is 3.46. The van der Waals surface area contributed by atoms with Crippen molar-refractivity contribution in [2.45, 2.75) is 5.67 Å². The zero-order valence-electron chi connectivity index (χ0n) is 6.59. The zero-order chi connectivity index (χ0) is 10.1. The van der Waals surface area contributed by atoms with Gasteiger partial charge in [0.25, 0.3) is 11.6 Å². The fourth-order valence-corrected chi connectivity index (χ4v) is 0.890. The molecule has 0 aromatic heterocycles. The van der Waals surface area contributed by atoms with Gasteiger partial charge in [0.15, 0.2) is 0 Å². The second-order valence-corrected chi connectivity index (χ2v) is 2.51. The van der Waals surface area contributed by atoms with E-state index in [-0.39, 0.29) is 0 Å². The van der Waals surface area contributed by atoms with E-state index in [2.05, 4.69) is 6.58 Å². The molecular formula is C7H7FN2O3. The van der Waals surface area contributed by atoms with Crippen molar-refractivity contribution in [3.05, 3.63) is 12.7 Å². The standard InChI is InChI=1S/C7H7FN2O3/c1-2-4(11)7(8)3-9-6(13)10-5(7)12/h2H,1,3H2,(H2,9,10,12,13). The summed E-state index contributed by atoms with van der Waals surface area (Å²) in [5, 5.41) is 3.66. The van der Waals surface area contributed by atoms with Gasteiger partial charge in [-0.2, -0.15) is 0 Å². The minimum atomic E-state index is -2.71. The van der Waals surface area contributed by atoms with E-state index in [0.29, 0.717) is 6.08 Å². The topological polar surface area (TPSA) is 75.3 Å². The van der Waals surface area contributed by atoms with E-state index in [1.54, 1.807) is 5.32 Å². The van der Waals surface area contributed by atoms with Crippen LogP contribution < -0.4 is 10.6 Å². The Hall–Kier alpha value is -1.72. The number of alkyl halides is 1. The van der Waals surface area contributed by atoms with Crippen molar-refractivity contribution in [3.8, 4) is 0 Å². The number of hydrogen-bond acceptors (Lipinski definition) is 3. The largest absolute Gasteiger partial charge is 0.334 e. The van der Waals surface area contributed by atoms with Crippen LogP contribution in [-0.2, 0) is 9.59 Å². The molecule has 1 aliphatic heterocycles. The Balaban J connectivity index is 2.91. The van der Waals surface area contributed by atoms with Gasteiger partial charge in [0.2, 0.25) is 5.78 Å². The van der Waals surface area contributed by atoms with Crippen LogP contribution in [0.4, 0.5) is 9.18 Å². The van der Waals surface area contributed by atoms with Gasteiger partial charge < -0.3 is 5.32 Å². The molecule has 3 amide bonds. The Labute approximate surface area is 73.0 Å². The molecule has 1 atom stereocenters. The van der Waals surface area contributed by atoms with Crippen molar-refractivity contribution in [2.24, 2.45) is 0 Å². The second-order valence-electron chi connectivity index (χ2n) is 2.51. The summed E-state index contributed by atoms with van der Waals surface area (Å²) in [6.45, 7) is 2.40. The highest BCUT2D eigenvalue weighted by atomic mass is 19.1. The molecule has 0 saturated carbocycles. The number of carbonyl (C=O) groups is 3. The lowest BCUT2D eigenvalue weighted by Gasteiger charge is -2.25. The van der Waals surface area contributed by atoms with E-state index in [0.717, 1.165) is 0 Å². The monoisotopic (exact) mass is 186 g/mol. The number of halogens is 1. The van der Waals surface area contributed by atoms with Crippen LogP contribution >= 0.6 is 0 Å². The first-order valence-corrected chi connectivity index (χ1v) is 3.46. The summed E-state index contributed by atoms with van der Waals surface area (Å²) < 4.78 is 13.5. The van der Waals surface area contributed by atoms with Crippen molar-refractivity contribution in [2.75, 3.05) is 6.54 Å². The molecule has 1 aliphatic rings. The van der Waals surface area contributed by atoms with Crippen LogP contribution in [0.1, 0.15) is 0 Å². The molecule has 0 aliphatic carbocycles. The van der Waals surface area contributed by atoms with Gasteiger partial charge in [-0.05, 0) is 6.08 Å². The highest BCUT2D eigenvalue weighted by Crippen LogP contribution is 2.15. The number of rotatable bonds is 2. The first-order chi connectivity index (χ1) is 6.00. The number of urea groups is 1. The molecule has 5 nitrogen and oxygen atoms in total. The SMILES string of the molecule is C=CC(=O)C1(F)CNC(=O)NC1=O. The van der Waals surface area contributed by atoms with Gasteiger partial charge in [0, 0.05) is 0 Å². The number of hydrogen-bond donors (Lipinski definition) is 2. The molecule has 6 heteroatoms. The third-order valence-corrected chi connectivity index (χ3v) is 1.66. The minimum absolute atomic E-state index is 0.650. The third-order valence-electron chi connectivity index (χ3n) is 1.66.